The summed E-state index contributed by atoms with van der Waals surface area (Å²) < 4.78 is 17.1. The van der Waals surface area contributed by atoms with Crippen molar-refractivity contribution in [3.8, 4) is 0 Å². The van der Waals surface area contributed by atoms with E-state index in [2.05, 4.69) is 37.9 Å². The number of carbonyl (C=O) groups excluding carboxylic acids is 3. The fourth-order valence-corrected chi connectivity index (χ4v) is 7.82. The molecule has 0 bridgehead atoms. The van der Waals surface area contributed by atoms with Crippen LogP contribution in [0.2, 0.25) is 0 Å². The normalized spacial score (nSPS) is 12.3. The highest BCUT2D eigenvalue weighted by Gasteiger charge is 2.17. The first-order chi connectivity index (χ1) is 28.5. The number of carbonyl (C=O) groups is 3. The SMILES string of the molecule is CCCCCCCCC(CCCCCCCC)COC(=O)CCCCCN(CCCCCCCC(=O)OC(CC)CCCCCCCC)CCCNC(=O)OC(C)(C)C. The van der Waals surface area contributed by atoms with E-state index in [4.69, 9.17) is 14.2 Å². The van der Waals surface area contributed by atoms with Gasteiger partial charge in [-0.25, -0.2) is 4.79 Å². The number of nitrogens with zero attached hydrogens (tertiary/aromatic N) is 1. The predicted octanol–water partition coefficient (Wildman–Crippen LogP) is 14.8. The molecule has 0 saturated heterocycles. The maximum atomic E-state index is 12.8. The molecule has 8 heteroatoms. The van der Waals surface area contributed by atoms with E-state index in [1.54, 1.807) is 0 Å². The van der Waals surface area contributed by atoms with Crippen LogP contribution >= 0.6 is 0 Å². The molecule has 1 unspecified atom stereocenters. The van der Waals surface area contributed by atoms with Crippen LogP contribution in [0, 0.1) is 5.92 Å². The third kappa shape index (κ3) is 41.3. The number of hydrogen-bond acceptors (Lipinski definition) is 7. The fraction of sp³-hybridized carbons (Fsp3) is 0.941. The third-order valence-electron chi connectivity index (χ3n) is 11.6. The van der Waals surface area contributed by atoms with Crippen LogP contribution in [0.1, 0.15) is 260 Å². The van der Waals surface area contributed by atoms with Crippen molar-refractivity contribution < 1.29 is 28.6 Å². The Kier molecular flexibility index (Phi) is 40.2. The molecule has 1 amide bonds. The van der Waals surface area contributed by atoms with E-state index in [1.807, 2.05) is 20.8 Å². The molecule has 1 N–H and O–H groups in total. The number of alkyl carbamates (subject to hydrolysis) is 1. The molecule has 0 radical (unpaired) electrons. The van der Waals surface area contributed by atoms with Crippen LogP contribution in [0.4, 0.5) is 4.79 Å². The number of ether oxygens (including phenoxy) is 3. The standard InChI is InChI=1S/C51H100N2O6/c1-8-12-15-18-22-28-36-46(37-29-23-19-16-13-9-2)45-57-48(54)39-32-27-34-43-53(44-35-41-52-50(56)59-51(5,6)7)42-33-26-21-25-31-40-49(55)58-47(11-4)38-30-24-20-17-14-10-3/h46-47H,8-45H2,1-7H3,(H,52,56). The number of nitrogens with one attached hydrogen (secondary N) is 1. The first kappa shape index (κ1) is 57.2. The quantitative estimate of drug-likeness (QED) is 0.0371. The highest BCUT2D eigenvalue weighted by Crippen LogP contribution is 2.21. The Morgan fingerprint density at radius 3 is 1.44 bits per heavy atom. The largest absolute Gasteiger partial charge is 0.465 e. The average Bonchev–Trinajstić information content (AvgIpc) is 3.20. The van der Waals surface area contributed by atoms with Crippen molar-refractivity contribution in [1.29, 1.82) is 0 Å². The number of hydrogen-bond donors (Lipinski definition) is 1. The number of esters is 2. The van der Waals surface area contributed by atoms with Gasteiger partial charge in [0.25, 0.3) is 0 Å². The van der Waals surface area contributed by atoms with Crippen LogP contribution in [0.25, 0.3) is 0 Å². The molecule has 0 aromatic carbocycles. The zero-order valence-electron chi connectivity index (χ0n) is 40.4. The van der Waals surface area contributed by atoms with E-state index < -0.39 is 5.60 Å². The topological polar surface area (TPSA) is 94.2 Å². The molecule has 350 valence electrons. The highest BCUT2D eigenvalue weighted by atomic mass is 16.6. The van der Waals surface area contributed by atoms with Crippen molar-refractivity contribution in [3.63, 3.8) is 0 Å². The molecule has 0 aromatic heterocycles. The molecule has 0 aliphatic heterocycles. The second kappa shape index (κ2) is 41.5. The lowest BCUT2D eigenvalue weighted by Crippen LogP contribution is -2.35. The fourth-order valence-electron chi connectivity index (χ4n) is 7.82. The summed E-state index contributed by atoms with van der Waals surface area (Å²) in [6, 6.07) is 0. The molecule has 0 aliphatic carbocycles. The van der Waals surface area contributed by atoms with Crippen molar-refractivity contribution in [2.75, 3.05) is 32.8 Å². The summed E-state index contributed by atoms with van der Waals surface area (Å²) in [4.78, 5) is 39.9. The maximum absolute atomic E-state index is 12.8. The molecule has 0 aromatic rings. The molecule has 0 saturated carbocycles. The van der Waals surface area contributed by atoms with E-state index in [-0.39, 0.29) is 24.1 Å². The summed E-state index contributed by atoms with van der Waals surface area (Å²) in [6.45, 7) is 18.6. The zero-order valence-corrected chi connectivity index (χ0v) is 40.4. The van der Waals surface area contributed by atoms with Gasteiger partial charge >= 0.3 is 18.0 Å². The van der Waals surface area contributed by atoms with Crippen molar-refractivity contribution in [3.05, 3.63) is 0 Å². The third-order valence-corrected chi connectivity index (χ3v) is 11.6. The monoisotopic (exact) mass is 837 g/mol. The van der Waals surface area contributed by atoms with Gasteiger partial charge in [-0.2, -0.15) is 0 Å². The van der Waals surface area contributed by atoms with Gasteiger partial charge in [0, 0.05) is 19.4 Å². The summed E-state index contributed by atoms with van der Waals surface area (Å²) in [7, 11) is 0. The Labute approximate surface area is 366 Å². The number of rotatable bonds is 43. The molecule has 0 heterocycles. The molecule has 1 atom stereocenters. The van der Waals surface area contributed by atoms with Gasteiger partial charge in [-0.15, -0.1) is 0 Å². The van der Waals surface area contributed by atoms with Gasteiger partial charge in [0.05, 0.1) is 6.61 Å². The van der Waals surface area contributed by atoms with E-state index in [0.717, 1.165) is 96.7 Å². The zero-order chi connectivity index (χ0) is 43.7. The van der Waals surface area contributed by atoms with Crippen LogP contribution in [0.5, 0.6) is 0 Å². The second-order valence-electron chi connectivity index (χ2n) is 18.7. The van der Waals surface area contributed by atoms with Gasteiger partial charge < -0.3 is 24.4 Å². The molecule has 0 aliphatic rings. The van der Waals surface area contributed by atoms with Gasteiger partial charge in [0.15, 0.2) is 0 Å². The van der Waals surface area contributed by atoms with Crippen molar-refractivity contribution in [2.45, 2.75) is 272 Å². The lowest BCUT2D eigenvalue weighted by atomic mass is 9.94. The van der Waals surface area contributed by atoms with E-state index in [9.17, 15) is 14.4 Å². The van der Waals surface area contributed by atoms with Gasteiger partial charge in [-0.3, -0.25) is 9.59 Å². The summed E-state index contributed by atoms with van der Waals surface area (Å²) in [5.41, 5.74) is -0.503. The van der Waals surface area contributed by atoms with Crippen LogP contribution in [0.15, 0.2) is 0 Å². The Bertz CT molecular complexity index is 937. The predicted molar refractivity (Wildman–Crippen MR) is 250 cm³/mol. The minimum Gasteiger partial charge on any atom is -0.465 e. The van der Waals surface area contributed by atoms with Crippen molar-refractivity contribution >= 4 is 18.0 Å². The van der Waals surface area contributed by atoms with Crippen LogP contribution in [-0.2, 0) is 23.8 Å². The van der Waals surface area contributed by atoms with Crippen LogP contribution in [0.3, 0.4) is 0 Å². The summed E-state index contributed by atoms with van der Waals surface area (Å²) in [6.07, 6.45) is 37.4. The molecular formula is C51H100N2O6. The Hall–Kier alpha value is -1.83. The van der Waals surface area contributed by atoms with Gasteiger partial charge in [-0.05, 0) is 111 Å². The van der Waals surface area contributed by atoms with Gasteiger partial charge in [0.1, 0.15) is 11.7 Å². The minimum atomic E-state index is -0.503. The molecule has 0 fully saturated rings. The minimum absolute atomic E-state index is 0.0292. The molecule has 8 nitrogen and oxygen atoms in total. The molecule has 0 rings (SSSR count). The average molecular weight is 837 g/mol. The van der Waals surface area contributed by atoms with E-state index in [1.165, 1.54) is 122 Å². The van der Waals surface area contributed by atoms with Gasteiger partial charge in [0.2, 0.25) is 0 Å². The Morgan fingerprint density at radius 2 is 0.932 bits per heavy atom. The summed E-state index contributed by atoms with van der Waals surface area (Å²) in [5.74, 6) is 0.445. The van der Waals surface area contributed by atoms with Crippen LogP contribution in [-0.4, -0.2) is 67.4 Å². The van der Waals surface area contributed by atoms with Crippen LogP contribution < -0.4 is 5.32 Å². The van der Waals surface area contributed by atoms with Crippen molar-refractivity contribution in [2.24, 2.45) is 5.92 Å². The molecule has 0 spiro atoms. The van der Waals surface area contributed by atoms with E-state index in [0.29, 0.717) is 31.9 Å². The number of amides is 1. The highest BCUT2D eigenvalue weighted by molar-refractivity contribution is 5.69. The lowest BCUT2D eigenvalue weighted by Gasteiger charge is -2.23. The first-order valence-electron chi connectivity index (χ1n) is 25.6. The molecular weight excluding hydrogens is 737 g/mol. The first-order valence-corrected chi connectivity index (χ1v) is 25.6. The van der Waals surface area contributed by atoms with E-state index >= 15 is 0 Å². The summed E-state index contributed by atoms with van der Waals surface area (Å²) >= 11 is 0. The maximum Gasteiger partial charge on any atom is 0.407 e. The summed E-state index contributed by atoms with van der Waals surface area (Å²) in [5, 5.41) is 2.90. The second-order valence-corrected chi connectivity index (χ2v) is 18.7. The van der Waals surface area contributed by atoms with Gasteiger partial charge in [-0.1, -0.05) is 163 Å². The van der Waals surface area contributed by atoms with Crippen molar-refractivity contribution in [1.82, 2.24) is 10.2 Å². The Morgan fingerprint density at radius 1 is 0.508 bits per heavy atom. The Balaban J connectivity index is 4.61. The molecule has 59 heavy (non-hydrogen) atoms. The smallest absolute Gasteiger partial charge is 0.407 e. The lowest BCUT2D eigenvalue weighted by molar-refractivity contribution is -0.150. The number of unbranched alkanes of at least 4 members (excludes halogenated alkanes) is 21.